The van der Waals surface area contributed by atoms with E-state index in [1.807, 2.05) is 36.4 Å². The lowest BCUT2D eigenvalue weighted by Gasteiger charge is -2.35. The molecule has 0 bridgehead atoms. The van der Waals surface area contributed by atoms with Crippen molar-refractivity contribution in [3.63, 3.8) is 0 Å². The van der Waals surface area contributed by atoms with Gasteiger partial charge in [0.25, 0.3) is 0 Å². The fourth-order valence-corrected chi connectivity index (χ4v) is 4.17. The first-order chi connectivity index (χ1) is 15.3. The SMILES string of the molecule is O[C@H](COC(c1ccccc1)c1ccccc1)CN1CCN(Cc2ccccc2)CC1. The van der Waals surface area contributed by atoms with Crippen LogP contribution in [-0.4, -0.2) is 60.3 Å². The first kappa shape index (κ1) is 21.7. The van der Waals surface area contributed by atoms with E-state index >= 15 is 0 Å². The molecule has 3 aromatic rings. The Bertz CT molecular complexity index is 841. The zero-order chi connectivity index (χ0) is 21.3. The van der Waals surface area contributed by atoms with Gasteiger partial charge in [0, 0.05) is 39.3 Å². The van der Waals surface area contributed by atoms with Gasteiger partial charge in [0.2, 0.25) is 0 Å². The van der Waals surface area contributed by atoms with Gasteiger partial charge in [-0.2, -0.15) is 0 Å². The van der Waals surface area contributed by atoms with Crippen molar-refractivity contribution in [3.8, 4) is 0 Å². The molecule has 0 saturated carbocycles. The molecule has 1 aliphatic rings. The number of aliphatic hydroxyl groups is 1. The summed E-state index contributed by atoms with van der Waals surface area (Å²) in [7, 11) is 0. The van der Waals surface area contributed by atoms with Gasteiger partial charge in [-0.15, -0.1) is 0 Å². The van der Waals surface area contributed by atoms with Crippen LogP contribution in [0.15, 0.2) is 91.0 Å². The highest BCUT2D eigenvalue weighted by Crippen LogP contribution is 2.26. The molecule has 0 unspecified atom stereocenters. The van der Waals surface area contributed by atoms with Crippen molar-refractivity contribution in [3.05, 3.63) is 108 Å². The van der Waals surface area contributed by atoms with E-state index in [2.05, 4.69) is 64.4 Å². The number of rotatable bonds is 9. The lowest BCUT2D eigenvalue weighted by atomic mass is 10.0. The Kier molecular flexibility index (Phi) is 7.86. The maximum Gasteiger partial charge on any atom is 0.108 e. The molecular formula is C27H32N2O2. The predicted molar refractivity (Wildman–Crippen MR) is 125 cm³/mol. The zero-order valence-corrected chi connectivity index (χ0v) is 18.0. The Morgan fingerprint density at radius 2 is 1.16 bits per heavy atom. The van der Waals surface area contributed by atoms with Crippen molar-refractivity contribution in [2.24, 2.45) is 0 Å². The summed E-state index contributed by atoms with van der Waals surface area (Å²) in [6.07, 6.45) is -0.671. The van der Waals surface area contributed by atoms with E-state index in [9.17, 15) is 5.11 Å². The third-order valence-electron chi connectivity index (χ3n) is 5.84. The Balaban J connectivity index is 1.26. The summed E-state index contributed by atoms with van der Waals surface area (Å²) in [6.45, 7) is 5.97. The number of ether oxygens (including phenoxy) is 1. The molecule has 1 aliphatic heterocycles. The van der Waals surface area contributed by atoms with Crippen LogP contribution >= 0.6 is 0 Å². The minimum Gasteiger partial charge on any atom is -0.389 e. The van der Waals surface area contributed by atoms with Gasteiger partial charge in [0.1, 0.15) is 6.10 Å². The third kappa shape index (κ3) is 6.49. The van der Waals surface area contributed by atoms with E-state index < -0.39 is 6.10 Å². The predicted octanol–water partition coefficient (Wildman–Crippen LogP) is 3.97. The van der Waals surface area contributed by atoms with Gasteiger partial charge in [0.15, 0.2) is 0 Å². The number of β-amino-alcohol motifs (C(OH)–C–C–N with tert-alkyl or cyclic N) is 1. The maximum absolute atomic E-state index is 10.7. The average Bonchev–Trinajstić information content (AvgIpc) is 2.83. The zero-order valence-electron chi connectivity index (χ0n) is 18.0. The van der Waals surface area contributed by atoms with Gasteiger partial charge in [0.05, 0.1) is 12.7 Å². The summed E-state index contributed by atoms with van der Waals surface area (Å²) >= 11 is 0. The third-order valence-corrected chi connectivity index (χ3v) is 5.84. The molecule has 3 aromatic carbocycles. The van der Waals surface area contributed by atoms with Gasteiger partial charge in [-0.3, -0.25) is 9.80 Å². The molecule has 4 nitrogen and oxygen atoms in total. The minimum absolute atomic E-state index is 0.167. The molecule has 0 amide bonds. The summed E-state index contributed by atoms with van der Waals surface area (Å²) in [4.78, 5) is 4.82. The second kappa shape index (κ2) is 11.2. The summed E-state index contributed by atoms with van der Waals surface area (Å²) in [5.74, 6) is 0. The Morgan fingerprint density at radius 3 is 1.71 bits per heavy atom. The molecule has 4 heteroatoms. The van der Waals surface area contributed by atoms with E-state index in [1.54, 1.807) is 0 Å². The number of aliphatic hydroxyl groups excluding tert-OH is 1. The lowest BCUT2D eigenvalue weighted by Crippen LogP contribution is -2.48. The fraction of sp³-hybridized carbons (Fsp3) is 0.333. The van der Waals surface area contributed by atoms with Crippen LogP contribution in [0.1, 0.15) is 22.8 Å². The second-order valence-corrected chi connectivity index (χ2v) is 8.25. The van der Waals surface area contributed by atoms with Crippen molar-refractivity contribution in [1.29, 1.82) is 0 Å². The molecule has 0 spiro atoms. The largest absolute Gasteiger partial charge is 0.389 e. The number of benzene rings is 3. The highest BCUT2D eigenvalue weighted by atomic mass is 16.5. The molecule has 1 saturated heterocycles. The normalized spacial score (nSPS) is 16.5. The molecule has 1 fully saturated rings. The molecule has 1 N–H and O–H groups in total. The topological polar surface area (TPSA) is 35.9 Å². The van der Waals surface area contributed by atoms with Crippen LogP contribution in [0.5, 0.6) is 0 Å². The molecular weight excluding hydrogens is 384 g/mol. The van der Waals surface area contributed by atoms with Crippen LogP contribution in [0.2, 0.25) is 0 Å². The smallest absolute Gasteiger partial charge is 0.108 e. The van der Waals surface area contributed by atoms with E-state index in [0.717, 1.165) is 43.9 Å². The number of hydrogen-bond donors (Lipinski definition) is 1. The van der Waals surface area contributed by atoms with Crippen LogP contribution < -0.4 is 0 Å². The Labute approximate surface area is 185 Å². The van der Waals surface area contributed by atoms with Crippen molar-refractivity contribution in [2.75, 3.05) is 39.3 Å². The quantitative estimate of drug-likeness (QED) is 0.573. The van der Waals surface area contributed by atoms with E-state index in [4.69, 9.17) is 4.74 Å². The summed E-state index contributed by atoms with van der Waals surface area (Å²) in [5, 5.41) is 10.7. The molecule has 1 heterocycles. The fourth-order valence-electron chi connectivity index (χ4n) is 4.17. The monoisotopic (exact) mass is 416 g/mol. The molecule has 0 aliphatic carbocycles. The highest BCUT2D eigenvalue weighted by molar-refractivity contribution is 5.29. The summed E-state index contributed by atoms with van der Waals surface area (Å²) in [5.41, 5.74) is 3.57. The van der Waals surface area contributed by atoms with Crippen LogP contribution in [0, 0.1) is 0 Å². The molecule has 31 heavy (non-hydrogen) atoms. The van der Waals surface area contributed by atoms with Gasteiger partial charge >= 0.3 is 0 Å². The lowest BCUT2D eigenvalue weighted by molar-refractivity contribution is -0.0148. The second-order valence-electron chi connectivity index (χ2n) is 8.25. The van der Waals surface area contributed by atoms with Crippen LogP contribution in [-0.2, 0) is 11.3 Å². The molecule has 1 atom stereocenters. The molecule has 0 radical (unpaired) electrons. The van der Waals surface area contributed by atoms with Crippen LogP contribution in [0.4, 0.5) is 0 Å². The van der Waals surface area contributed by atoms with Crippen LogP contribution in [0.3, 0.4) is 0 Å². The number of nitrogens with zero attached hydrogens (tertiary/aromatic N) is 2. The molecule has 4 rings (SSSR count). The number of hydrogen-bond acceptors (Lipinski definition) is 4. The summed E-state index contributed by atoms with van der Waals surface area (Å²) < 4.78 is 6.23. The average molecular weight is 417 g/mol. The minimum atomic E-state index is -0.504. The van der Waals surface area contributed by atoms with E-state index in [1.165, 1.54) is 5.56 Å². The van der Waals surface area contributed by atoms with Crippen molar-refractivity contribution >= 4 is 0 Å². The van der Waals surface area contributed by atoms with E-state index in [0.29, 0.717) is 13.2 Å². The molecule has 162 valence electrons. The number of piperazine rings is 1. The maximum atomic E-state index is 10.7. The Morgan fingerprint density at radius 1 is 0.677 bits per heavy atom. The summed E-state index contributed by atoms with van der Waals surface area (Å²) in [6, 6.07) is 31.1. The first-order valence-corrected chi connectivity index (χ1v) is 11.2. The highest BCUT2D eigenvalue weighted by Gasteiger charge is 2.21. The first-order valence-electron chi connectivity index (χ1n) is 11.2. The van der Waals surface area contributed by atoms with Gasteiger partial charge in [-0.25, -0.2) is 0 Å². The van der Waals surface area contributed by atoms with Crippen LogP contribution in [0.25, 0.3) is 0 Å². The Hall–Kier alpha value is -2.50. The van der Waals surface area contributed by atoms with Crippen molar-refractivity contribution in [2.45, 2.75) is 18.8 Å². The standard InChI is InChI=1S/C27H32N2O2/c30-26(21-29-18-16-28(17-19-29)20-23-10-4-1-5-11-23)22-31-27(24-12-6-2-7-13-24)25-14-8-3-9-15-25/h1-15,26-27,30H,16-22H2/t26-/m0/s1. The van der Waals surface area contributed by atoms with Crippen molar-refractivity contribution in [1.82, 2.24) is 9.80 Å². The van der Waals surface area contributed by atoms with Crippen molar-refractivity contribution < 1.29 is 9.84 Å². The molecule has 0 aromatic heterocycles. The van der Waals surface area contributed by atoms with Gasteiger partial charge < -0.3 is 9.84 Å². The van der Waals surface area contributed by atoms with E-state index in [-0.39, 0.29) is 6.10 Å². The van der Waals surface area contributed by atoms with Gasteiger partial charge in [-0.05, 0) is 16.7 Å². The van der Waals surface area contributed by atoms with Gasteiger partial charge in [-0.1, -0.05) is 91.0 Å².